The molecule has 2 aromatic rings. The average molecular weight is 385 g/mol. The van der Waals surface area contributed by atoms with Gasteiger partial charge in [0, 0.05) is 58.2 Å². The van der Waals surface area contributed by atoms with E-state index < -0.39 is 0 Å². The Balaban J connectivity index is 1.49. The number of carbonyl (C=O) groups excluding carboxylic acids is 1. The van der Waals surface area contributed by atoms with Crippen LogP contribution in [0.2, 0.25) is 0 Å². The van der Waals surface area contributed by atoms with E-state index in [1.54, 1.807) is 31.5 Å². The Labute approximate surface area is 164 Å². The summed E-state index contributed by atoms with van der Waals surface area (Å²) in [6.45, 7) is 4.74. The minimum atomic E-state index is 0.00414. The molecule has 1 atom stereocenters. The van der Waals surface area contributed by atoms with E-state index in [9.17, 15) is 4.79 Å². The number of guanidine groups is 1. The molecule has 1 amide bonds. The van der Waals surface area contributed by atoms with Crippen molar-refractivity contribution in [3.05, 3.63) is 18.7 Å². The van der Waals surface area contributed by atoms with Crippen LogP contribution in [0.3, 0.4) is 0 Å². The molecule has 1 unspecified atom stereocenters. The number of anilines is 1. The van der Waals surface area contributed by atoms with Crippen LogP contribution in [-0.4, -0.2) is 93.6 Å². The van der Waals surface area contributed by atoms with Gasteiger partial charge in [0.25, 0.3) is 0 Å². The second kappa shape index (κ2) is 7.61. The summed E-state index contributed by atoms with van der Waals surface area (Å²) in [6, 6.07) is 0.702. The quantitative estimate of drug-likeness (QED) is 0.577. The highest BCUT2D eigenvalue weighted by Crippen LogP contribution is 2.23. The number of aromatic nitrogens is 4. The maximum Gasteiger partial charge on any atom is 0.243 e. The van der Waals surface area contributed by atoms with Gasteiger partial charge in [0.1, 0.15) is 12.9 Å². The van der Waals surface area contributed by atoms with Crippen LogP contribution in [-0.2, 0) is 4.79 Å². The number of nitrogens with one attached hydrogen (secondary N) is 1. The molecule has 0 radical (unpaired) electrons. The molecule has 150 valence electrons. The minimum Gasteiger partial charge on any atom is -0.353 e. The molecule has 2 fully saturated rings. The number of rotatable bonds is 4. The molecule has 2 aliphatic rings. The molecule has 0 aromatic carbocycles. The topological polar surface area (TPSA) is 94.3 Å². The Morgan fingerprint density at radius 3 is 2.89 bits per heavy atom. The first-order valence-electron chi connectivity index (χ1n) is 9.70. The van der Waals surface area contributed by atoms with Gasteiger partial charge in [-0.1, -0.05) is 0 Å². The number of piperazine rings is 1. The van der Waals surface area contributed by atoms with Crippen molar-refractivity contribution >= 4 is 23.3 Å². The van der Waals surface area contributed by atoms with Crippen molar-refractivity contribution in [2.45, 2.75) is 31.8 Å². The van der Waals surface area contributed by atoms with E-state index in [2.05, 4.69) is 42.2 Å². The van der Waals surface area contributed by atoms with Gasteiger partial charge in [0.15, 0.2) is 11.8 Å². The van der Waals surface area contributed by atoms with E-state index in [4.69, 9.17) is 0 Å². The fourth-order valence-corrected chi connectivity index (χ4v) is 3.34. The first-order valence-corrected chi connectivity index (χ1v) is 9.70. The lowest BCUT2D eigenvalue weighted by Gasteiger charge is -2.41. The first-order chi connectivity index (χ1) is 13.5. The smallest absolute Gasteiger partial charge is 0.243 e. The van der Waals surface area contributed by atoms with Crippen LogP contribution < -0.4 is 10.2 Å². The molecule has 0 spiro atoms. The van der Waals surface area contributed by atoms with E-state index in [0.717, 1.165) is 49.9 Å². The van der Waals surface area contributed by atoms with Gasteiger partial charge in [-0.25, -0.2) is 9.98 Å². The second-order valence-electron chi connectivity index (χ2n) is 7.65. The highest BCUT2D eigenvalue weighted by atomic mass is 16.2. The summed E-state index contributed by atoms with van der Waals surface area (Å²) in [4.78, 5) is 27.2. The van der Waals surface area contributed by atoms with Gasteiger partial charge in [-0.15, -0.1) is 10.2 Å². The summed E-state index contributed by atoms with van der Waals surface area (Å²) in [5.74, 6) is 1.69. The van der Waals surface area contributed by atoms with Crippen molar-refractivity contribution in [1.29, 1.82) is 0 Å². The van der Waals surface area contributed by atoms with Crippen LogP contribution >= 0.6 is 0 Å². The summed E-state index contributed by atoms with van der Waals surface area (Å²) < 4.78 is 1.88. The van der Waals surface area contributed by atoms with Crippen molar-refractivity contribution in [1.82, 2.24) is 34.7 Å². The zero-order valence-corrected chi connectivity index (χ0v) is 16.6. The normalized spacial score (nSPS) is 20.5. The van der Waals surface area contributed by atoms with E-state index in [-0.39, 0.29) is 18.5 Å². The molecule has 1 aliphatic carbocycles. The van der Waals surface area contributed by atoms with Crippen molar-refractivity contribution in [3.63, 3.8) is 0 Å². The zero-order chi connectivity index (χ0) is 19.7. The number of hydrogen-bond acceptors (Lipinski definition) is 6. The van der Waals surface area contributed by atoms with E-state index in [1.165, 1.54) is 0 Å². The average Bonchev–Trinajstić information content (AvgIpc) is 3.37. The molecule has 0 bridgehead atoms. The number of hydrogen-bond donors (Lipinski definition) is 1. The molecule has 10 nitrogen and oxygen atoms in total. The van der Waals surface area contributed by atoms with E-state index >= 15 is 0 Å². The predicted octanol–water partition coefficient (Wildman–Crippen LogP) is -0.169. The van der Waals surface area contributed by atoms with Crippen molar-refractivity contribution in [2.24, 2.45) is 4.99 Å². The Hall–Kier alpha value is -2.91. The highest BCUT2D eigenvalue weighted by Gasteiger charge is 2.31. The summed E-state index contributed by atoms with van der Waals surface area (Å²) in [5, 5.41) is 11.7. The number of amides is 1. The van der Waals surface area contributed by atoms with Crippen molar-refractivity contribution in [3.8, 4) is 0 Å². The van der Waals surface area contributed by atoms with Crippen LogP contribution in [0.4, 0.5) is 5.82 Å². The summed E-state index contributed by atoms with van der Waals surface area (Å²) in [5.41, 5.74) is 0.768. The van der Waals surface area contributed by atoms with E-state index in [0.29, 0.717) is 6.04 Å². The predicted molar refractivity (Wildman–Crippen MR) is 106 cm³/mol. The maximum absolute atomic E-state index is 12.0. The molecule has 1 saturated heterocycles. The summed E-state index contributed by atoms with van der Waals surface area (Å²) in [6.07, 6.45) is 7.64. The fraction of sp³-hybridized carbons (Fsp3) is 0.611. The standard InChI is InChI=1S/C18H27N9O/c1-13-11-25(18(22-14-4-5-14)20-10-15(28)24(2)3)8-9-27(13)16-17-23-21-12-26(17)7-6-19-16/h6-7,12-14H,4-5,8-11H2,1-3H3,(H,20,22). The molecule has 10 heteroatoms. The van der Waals surface area contributed by atoms with Crippen molar-refractivity contribution < 1.29 is 4.79 Å². The highest BCUT2D eigenvalue weighted by molar-refractivity contribution is 5.85. The molecule has 2 aromatic heterocycles. The third kappa shape index (κ3) is 3.85. The molecular formula is C18H27N9O. The van der Waals surface area contributed by atoms with Gasteiger partial charge in [0.05, 0.1) is 0 Å². The SMILES string of the molecule is CC1CN(C(=NCC(=O)N(C)C)NC2CC2)CCN1c1nccn2cnnc12. The van der Waals surface area contributed by atoms with Crippen LogP contribution in [0.25, 0.3) is 5.65 Å². The summed E-state index contributed by atoms with van der Waals surface area (Å²) >= 11 is 0. The molecule has 28 heavy (non-hydrogen) atoms. The lowest BCUT2D eigenvalue weighted by molar-refractivity contribution is -0.127. The Morgan fingerprint density at radius 1 is 1.36 bits per heavy atom. The van der Waals surface area contributed by atoms with Crippen molar-refractivity contribution in [2.75, 3.05) is 45.2 Å². The van der Waals surface area contributed by atoms with Gasteiger partial charge >= 0.3 is 0 Å². The lowest BCUT2D eigenvalue weighted by atomic mass is 10.2. The van der Waals surface area contributed by atoms with Gasteiger partial charge in [-0.05, 0) is 19.8 Å². The third-order valence-electron chi connectivity index (χ3n) is 5.17. The second-order valence-corrected chi connectivity index (χ2v) is 7.65. The fourth-order valence-electron chi connectivity index (χ4n) is 3.34. The van der Waals surface area contributed by atoms with Crippen LogP contribution in [0.15, 0.2) is 23.7 Å². The largest absolute Gasteiger partial charge is 0.353 e. The molecular weight excluding hydrogens is 358 g/mol. The minimum absolute atomic E-state index is 0.00414. The van der Waals surface area contributed by atoms with Crippen LogP contribution in [0.1, 0.15) is 19.8 Å². The molecule has 4 rings (SSSR count). The Kier molecular flexibility index (Phi) is 5.01. The molecule has 1 saturated carbocycles. The number of carbonyl (C=O) groups is 1. The molecule has 1 aliphatic heterocycles. The third-order valence-corrected chi connectivity index (χ3v) is 5.17. The number of nitrogens with zero attached hydrogens (tertiary/aromatic N) is 8. The van der Waals surface area contributed by atoms with Gasteiger partial charge in [-0.3, -0.25) is 9.20 Å². The van der Waals surface area contributed by atoms with Gasteiger partial charge in [-0.2, -0.15) is 0 Å². The monoisotopic (exact) mass is 385 g/mol. The Bertz CT molecular complexity index is 873. The van der Waals surface area contributed by atoms with Gasteiger partial charge in [0.2, 0.25) is 11.6 Å². The lowest BCUT2D eigenvalue weighted by Crippen LogP contribution is -2.57. The number of likely N-dealkylation sites (N-methyl/N-ethyl adjacent to an activating group) is 1. The Morgan fingerprint density at radius 2 is 2.18 bits per heavy atom. The number of fused-ring (bicyclic) bond motifs is 1. The molecule has 1 N–H and O–H groups in total. The zero-order valence-electron chi connectivity index (χ0n) is 16.6. The first kappa shape index (κ1) is 18.5. The van der Waals surface area contributed by atoms with Crippen LogP contribution in [0, 0.1) is 0 Å². The maximum atomic E-state index is 12.0. The van der Waals surface area contributed by atoms with E-state index in [1.807, 2.05) is 10.6 Å². The molecule has 3 heterocycles. The van der Waals surface area contributed by atoms with Crippen LogP contribution in [0.5, 0.6) is 0 Å². The summed E-state index contributed by atoms with van der Waals surface area (Å²) in [7, 11) is 3.51. The number of aliphatic imine (C=N–C) groups is 1. The van der Waals surface area contributed by atoms with Gasteiger partial charge < -0.3 is 20.0 Å².